The molecule has 0 aliphatic carbocycles. The second kappa shape index (κ2) is 6.70. The van der Waals surface area contributed by atoms with Crippen LogP contribution in [0.3, 0.4) is 0 Å². The molecule has 0 radical (unpaired) electrons. The smallest absolute Gasteiger partial charge is 0.150 e. The van der Waals surface area contributed by atoms with Gasteiger partial charge in [-0.15, -0.1) is 19.3 Å². The van der Waals surface area contributed by atoms with Gasteiger partial charge in [-0.3, -0.25) is 0 Å². The zero-order valence-corrected chi connectivity index (χ0v) is 10.9. The molecule has 1 aromatic carbocycles. The van der Waals surface area contributed by atoms with Gasteiger partial charge in [-0.25, -0.2) is 0 Å². The Morgan fingerprint density at radius 1 is 1.06 bits per heavy atom. The Kier molecular flexibility index (Phi) is 5.22. The van der Waals surface area contributed by atoms with Gasteiger partial charge >= 0.3 is 0 Å². The number of benzene rings is 1. The molecule has 0 aliphatic rings. The highest BCUT2D eigenvalue weighted by molar-refractivity contribution is 9.09. The molecule has 84 valence electrons. The van der Waals surface area contributed by atoms with Crippen LogP contribution in [0.4, 0.5) is 0 Å². The van der Waals surface area contributed by atoms with Crippen LogP contribution in [0.2, 0.25) is 0 Å². The van der Waals surface area contributed by atoms with Gasteiger partial charge in [0.25, 0.3) is 0 Å². The van der Waals surface area contributed by atoms with E-state index in [1.54, 1.807) is 12.1 Å². The van der Waals surface area contributed by atoms with E-state index in [0.717, 1.165) is 11.8 Å². The molecule has 0 aliphatic heterocycles. The van der Waals surface area contributed by atoms with Crippen molar-refractivity contribution in [2.75, 3.05) is 11.9 Å². The molecule has 0 N–H and O–H groups in total. The molecule has 0 fully saturated rings. The number of rotatable bonds is 4. The monoisotopic (exact) mass is 286 g/mol. The highest BCUT2D eigenvalue weighted by Crippen LogP contribution is 2.25. The van der Waals surface area contributed by atoms with Crippen LogP contribution >= 0.6 is 15.9 Å². The lowest BCUT2D eigenvalue weighted by Crippen LogP contribution is -2.02. The first kappa shape index (κ1) is 13.2. The van der Waals surface area contributed by atoms with Crippen molar-refractivity contribution in [2.24, 2.45) is 0 Å². The minimum atomic E-state index is 0.560. The number of halogens is 1. The molecule has 0 heterocycles. The number of alkyl halides is 1. The van der Waals surface area contributed by atoms with E-state index >= 15 is 0 Å². The second-order valence-corrected chi connectivity index (χ2v) is 4.02. The summed E-state index contributed by atoms with van der Waals surface area (Å²) in [6, 6.07) is 3.45. The van der Waals surface area contributed by atoms with Crippen LogP contribution < -0.4 is 4.74 Å². The summed E-state index contributed by atoms with van der Waals surface area (Å²) < 4.78 is 5.61. The van der Waals surface area contributed by atoms with E-state index in [-0.39, 0.29) is 0 Å². The average molecular weight is 287 g/mol. The van der Waals surface area contributed by atoms with Crippen LogP contribution in [-0.4, -0.2) is 11.9 Å². The minimum absolute atomic E-state index is 0.560. The van der Waals surface area contributed by atoms with Gasteiger partial charge in [0.1, 0.15) is 0 Å². The Hall–Kier alpha value is -1.82. The van der Waals surface area contributed by atoms with Crippen molar-refractivity contribution in [2.45, 2.75) is 6.42 Å². The van der Waals surface area contributed by atoms with Crippen molar-refractivity contribution in [3.63, 3.8) is 0 Å². The minimum Gasteiger partial charge on any atom is -0.491 e. The van der Waals surface area contributed by atoms with Crippen molar-refractivity contribution >= 4 is 15.9 Å². The summed E-state index contributed by atoms with van der Waals surface area (Å²) in [5.41, 5.74) is 1.87. The maximum atomic E-state index is 5.61. The predicted octanol–water partition coefficient (Wildman–Crippen LogP) is 2.79. The molecule has 0 unspecified atom stereocenters. The van der Waals surface area contributed by atoms with Gasteiger partial charge in [0.15, 0.2) is 5.75 Å². The molecule has 1 nitrogen and oxygen atoms in total. The van der Waals surface area contributed by atoms with E-state index in [4.69, 9.17) is 24.0 Å². The summed E-state index contributed by atoms with van der Waals surface area (Å²) in [4.78, 5) is 0. The van der Waals surface area contributed by atoms with Gasteiger partial charge in [-0.2, -0.15) is 0 Å². The molecule has 0 bridgehead atoms. The Labute approximate surface area is 111 Å². The Morgan fingerprint density at radius 2 is 1.65 bits per heavy atom. The first-order chi connectivity index (χ1) is 8.26. The quantitative estimate of drug-likeness (QED) is 0.470. The summed E-state index contributed by atoms with van der Waals surface area (Å²) in [5.74, 6) is 8.17. The first-order valence-electron chi connectivity index (χ1n) is 5.03. The van der Waals surface area contributed by atoms with Crippen molar-refractivity contribution < 1.29 is 4.74 Å². The van der Waals surface area contributed by atoms with Gasteiger partial charge in [-0.05, 0) is 18.6 Å². The lowest BCUT2D eigenvalue weighted by Gasteiger charge is -2.10. The molecule has 1 rings (SSSR count). The number of hydrogen-bond acceptors (Lipinski definition) is 1. The molecule has 1 aromatic rings. The van der Waals surface area contributed by atoms with Crippen LogP contribution in [0.1, 0.15) is 23.1 Å². The third-order valence-corrected chi connectivity index (χ3v) is 2.65. The third kappa shape index (κ3) is 3.32. The number of ether oxygens (including phenoxy) is 1. The maximum Gasteiger partial charge on any atom is 0.150 e. The largest absolute Gasteiger partial charge is 0.491 e. The summed E-state index contributed by atoms with van der Waals surface area (Å²) >= 11 is 3.33. The molecule has 17 heavy (non-hydrogen) atoms. The van der Waals surface area contributed by atoms with Crippen LogP contribution in [0.5, 0.6) is 5.75 Å². The molecule has 0 saturated carbocycles. The van der Waals surface area contributed by atoms with Crippen LogP contribution in [-0.2, 0) is 0 Å². The summed E-state index contributed by atoms with van der Waals surface area (Å²) in [6.45, 7) is 0.560. The predicted molar refractivity (Wildman–Crippen MR) is 74.2 cm³/mol. The van der Waals surface area contributed by atoms with E-state index < -0.39 is 0 Å². The van der Waals surface area contributed by atoms with Crippen LogP contribution in [0.25, 0.3) is 0 Å². The molecule has 0 atom stereocenters. The fraction of sp³-hybridized carbons (Fsp3) is 0.200. The number of terminal acetylenes is 3. The highest BCUT2D eigenvalue weighted by atomic mass is 79.9. The van der Waals surface area contributed by atoms with Gasteiger partial charge in [0, 0.05) is 10.9 Å². The lowest BCUT2D eigenvalue weighted by atomic mass is 10.0. The third-order valence-electron chi connectivity index (χ3n) is 2.09. The van der Waals surface area contributed by atoms with E-state index in [1.165, 1.54) is 0 Å². The molecule has 2 heteroatoms. The van der Waals surface area contributed by atoms with Crippen molar-refractivity contribution in [1.82, 2.24) is 0 Å². The van der Waals surface area contributed by atoms with Crippen LogP contribution in [0, 0.1) is 37.0 Å². The molecule has 0 aromatic heterocycles. The lowest BCUT2D eigenvalue weighted by molar-refractivity contribution is 0.317. The average Bonchev–Trinajstić information content (AvgIpc) is 2.38. The SMILES string of the molecule is C#Cc1cc(C#C)c(OCCCBr)c(C#C)c1. The Morgan fingerprint density at radius 3 is 2.06 bits per heavy atom. The Balaban J connectivity index is 3.15. The Bertz CT molecular complexity index is 488. The summed E-state index contributed by atoms with van der Waals surface area (Å²) in [5, 5.41) is 0.867. The van der Waals surface area contributed by atoms with E-state index in [1.807, 2.05) is 0 Å². The molecular weight excluding hydrogens is 276 g/mol. The van der Waals surface area contributed by atoms with Crippen molar-refractivity contribution in [1.29, 1.82) is 0 Å². The van der Waals surface area contributed by atoms with Gasteiger partial charge in [-0.1, -0.05) is 33.7 Å². The fourth-order valence-electron chi connectivity index (χ4n) is 1.31. The topological polar surface area (TPSA) is 9.23 Å². The maximum absolute atomic E-state index is 5.61. The molecule has 0 saturated heterocycles. The highest BCUT2D eigenvalue weighted by Gasteiger charge is 2.09. The van der Waals surface area contributed by atoms with Crippen molar-refractivity contribution in [3.05, 3.63) is 28.8 Å². The van der Waals surface area contributed by atoms with Gasteiger partial charge in [0.05, 0.1) is 17.7 Å². The fourth-order valence-corrected chi connectivity index (χ4v) is 1.54. The van der Waals surface area contributed by atoms with Crippen LogP contribution in [0.15, 0.2) is 12.1 Å². The van der Waals surface area contributed by atoms with E-state index in [0.29, 0.717) is 29.0 Å². The van der Waals surface area contributed by atoms with Gasteiger partial charge < -0.3 is 4.74 Å². The molecule has 0 spiro atoms. The van der Waals surface area contributed by atoms with Gasteiger partial charge in [0.2, 0.25) is 0 Å². The standard InChI is InChI=1S/C15H11BrO/c1-4-12-10-13(5-2)15(14(6-3)11-12)17-9-7-8-16/h1-3,10-11H,7-9H2. The second-order valence-electron chi connectivity index (χ2n) is 3.22. The normalized spacial score (nSPS) is 8.82. The first-order valence-corrected chi connectivity index (χ1v) is 6.15. The molecule has 0 amide bonds. The zero-order valence-electron chi connectivity index (χ0n) is 9.29. The van der Waals surface area contributed by atoms with Crippen molar-refractivity contribution in [3.8, 4) is 42.8 Å². The molecular formula is C15H11BrO. The summed E-state index contributed by atoms with van der Waals surface area (Å²) in [6.07, 6.45) is 17.1. The van der Waals surface area contributed by atoms with E-state index in [2.05, 4.69) is 33.7 Å². The number of hydrogen-bond donors (Lipinski definition) is 0. The van der Waals surface area contributed by atoms with E-state index in [9.17, 15) is 0 Å². The zero-order chi connectivity index (χ0) is 12.7. The summed E-state index contributed by atoms with van der Waals surface area (Å²) in [7, 11) is 0.